The monoisotopic (exact) mass is 487 g/mol. The third kappa shape index (κ3) is 6.21. The van der Waals surface area contributed by atoms with Crippen LogP contribution in [0.15, 0.2) is 66.7 Å². The number of para-hydroxylation sites is 4. The highest BCUT2D eigenvalue weighted by Gasteiger charge is 2.04. The number of hydrogen-bond acceptors (Lipinski definition) is 5. The molecule has 0 unspecified atom stereocenters. The van der Waals surface area contributed by atoms with Gasteiger partial charge in [0.2, 0.25) is 0 Å². The van der Waals surface area contributed by atoms with Crippen molar-refractivity contribution in [3.05, 3.63) is 89.8 Å². The number of hydrogen-bond donors (Lipinski definition) is 2. The first-order chi connectivity index (χ1) is 16.8. The predicted octanol–water partition coefficient (Wildman–Crippen LogP) is 5.87. The summed E-state index contributed by atoms with van der Waals surface area (Å²) >= 11 is 3.94. The Balaban J connectivity index is 0.984. The van der Waals surface area contributed by atoms with E-state index in [1.54, 1.807) is 0 Å². The number of aromatic amines is 2. The van der Waals surface area contributed by atoms with Crippen molar-refractivity contribution in [1.82, 2.24) is 24.9 Å². The average Bonchev–Trinajstić information content (AvgIpc) is 3.47. The number of fused-ring (bicyclic) bond motifs is 2. The number of nitrogens with one attached hydrogen (secondary N) is 2. The molecule has 5 aromatic rings. The maximum absolute atomic E-state index is 4.88. The lowest BCUT2D eigenvalue weighted by molar-refractivity contribution is 0.959. The Labute approximate surface area is 208 Å². The molecule has 3 aromatic heterocycles. The van der Waals surface area contributed by atoms with Crippen LogP contribution in [-0.2, 0) is 25.7 Å². The maximum atomic E-state index is 4.88. The van der Waals surface area contributed by atoms with Gasteiger partial charge in [0.25, 0.3) is 0 Å². The third-order valence-electron chi connectivity index (χ3n) is 5.71. The van der Waals surface area contributed by atoms with Gasteiger partial charge in [-0.05, 0) is 60.7 Å². The Morgan fingerprint density at radius 1 is 0.500 bits per heavy atom. The third-order valence-corrected chi connectivity index (χ3v) is 7.68. The number of benzene rings is 2. The van der Waals surface area contributed by atoms with E-state index in [-0.39, 0.29) is 0 Å². The van der Waals surface area contributed by atoms with Crippen LogP contribution < -0.4 is 0 Å². The van der Waals surface area contributed by atoms with E-state index in [9.17, 15) is 0 Å². The summed E-state index contributed by atoms with van der Waals surface area (Å²) in [6.45, 7) is 0. The number of imidazole rings is 2. The van der Waals surface area contributed by atoms with E-state index in [4.69, 9.17) is 4.98 Å². The predicted molar refractivity (Wildman–Crippen MR) is 146 cm³/mol. The van der Waals surface area contributed by atoms with E-state index < -0.39 is 0 Å². The number of H-pyrrole nitrogens is 2. The topological polar surface area (TPSA) is 70.2 Å². The highest BCUT2D eigenvalue weighted by Crippen LogP contribution is 2.15. The molecule has 5 rings (SSSR count). The summed E-state index contributed by atoms with van der Waals surface area (Å²) in [5.74, 6) is 6.47. The van der Waals surface area contributed by atoms with Gasteiger partial charge in [-0.15, -0.1) is 0 Å². The molecular formula is C27H29N5S2. The molecule has 0 saturated heterocycles. The Morgan fingerprint density at radius 2 is 0.971 bits per heavy atom. The molecule has 5 nitrogen and oxygen atoms in total. The minimum absolute atomic E-state index is 0.970. The molecule has 0 aliphatic heterocycles. The van der Waals surface area contributed by atoms with Gasteiger partial charge in [-0.3, -0.25) is 4.98 Å². The van der Waals surface area contributed by atoms with Crippen molar-refractivity contribution in [2.75, 3.05) is 23.0 Å². The van der Waals surface area contributed by atoms with Crippen molar-refractivity contribution >= 4 is 45.6 Å². The second-order valence-electron chi connectivity index (χ2n) is 8.25. The molecule has 2 aromatic carbocycles. The fourth-order valence-electron chi connectivity index (χ4n) is 3.95. The SMILES string of the molecule is c1cc(CCSCCc2nc3ccccc3[nH]2)nc(CCSCCc2nc3ccccc3[nH]2)c1. The van der Waals surface area contributed by atoms with Gasteiger partial charge in [-0.1, -0.05) is 30.3 Å². The Hall–Kier alpha value is -2.77. The molecule has 0 spiro atoms. The van der Waals surface area contributed by atoms with Crippen LogP contribution in [-0.4, -0.2) is 47.9 Å². The standard InChI is InChI=1S/C27H29N5S2/c1-2-9-23-22(8-1)29-26(30-23)14-18-33-16-12-20-6-5-7-21(28-20)13-17-34-19-15-27-31-24-10-3-4-11-25(24)32-27/h1-11H,12-19H2,(H,29,30)(H,31,32). The Morgan fingerprint density at radius 3 is 1.47 bits per heavy atom. The lowest BCUT2D eigenvalue weighted by atomic mass is 10.2. The van der Waals surface area contributed by atoms with Crippen LogP contribution in [0.1, 0.15) is 23.0 Å². The highest BCUT2D eigenvalue weighted by atomic mass is 32.2. The first kappa shape index (κ1) is 23.0. The lowest BCUT2D eigenvalue weighted by Gasteiger charge is -2.05. The highest BCUT2D eigenvalue weighted by molar-refractivity contribution is 7.99. The minimum Gasteiger partial charge on any atom is -0.342 e. The first-order valence-corrected chi connectivity index (χ1v) is 14.1. The van der Waals surface area contributed by atoms with Crippen molar-refractivity contribution in [3.8, 4) is 0 Å². The molecule has 0 atom stereocenters. The van der Waals surface area contributed by atoms with Crippen molar-refractivity contribution < 1.29 is 0 Å². The average molecular weight is 488 g/mol. The van der Waals surface area contributed by atoms with Gasteiger partial charge in [0.15, 0.2) is 0 Å². The van der Waals surface area contributed by atoms with Gasteiger partial charge in [0.05, 0.1) is 22.1 Å². The fraction of sp³-hybridized carbons (Fsp3) is 0.296. The molecule has 174 valence electrons. The van der Waals surface area contributed by atoms with Crippen LogP contribution in [0.2, 0.25) is 0 Å². The lowest BCUT2D eigenvalue weighted by Crippen LogP contribution is -2.00. The van der Waals surface area contributed by atoms with E-state index in [2.05, 4.69) is 62.4 Å². The van der Waals surface area contributed by atoms with Crippen LogP contribution in [0.4, 0.5) is 0 Å². The van der Waals surface area contributed by atoms with Gasteiger partial charge < -0.3 is 9.97 Å². The van der Waals surface area contributed by atoms with E-state index >= 15 is 0 Å². The van der Waals surface area contributed by atoms with Crippen molar-refractivity contribution in [2.45, 2.75) is 25.7 Å². The molecule has 0 amide bonds. The molecule has 0 bridgehead atoms. The van der Waals surface area contributed by atoms with E-state index in [1.807, 2.05) is 47.8 Å². The number of nitrogens with zero attached hydrogens (tertiary/aromatic N) is 3. The molecule has 7 heteroatoms. The summed E-state index contributed by atoms with van der Waals surface area (Å²) in [4.78, 5) is 21.0. The zero-order chi connectivity index (χ0) is 23.0. The number of rotatable bonds is 12. The number of aryl methyl sites for hydroxylation is 4. The second kappa shape index (κ2) is 11.6. The quantitative estimate of drug-likeness (QED) is 0.215. The molecular weight excluding hydrogens is 458 g/mol. The van der Waals surface area contributed by atoms with Crippen LogP contribution in [0.5, 0.6) is 0 Å². The van der Waals surface area contributed by atoms with Gasteiger partial charge in [-0.25, -0.2) is 9.97 Å². The number of thioether (sulfide) groups is 2. The smallest absolute Gasteiger partial charge is 0.108 e. The largest absolute Gasteiger partial charge is 0.342 e. The molecule has 0 aliphatic carbocycles. The molecule has 0 radical (unpaired) electrons. The molecule has 3 heterocycles. The number of aromatic nitrogens is 5. The van der Waals surface area contributed by atoms with Crippen LogP contribution in [0.3, 0.4) is 0 Å². The summed E-state index contributed by atoms with van der Waals surface area (Å²) in [5, 5.41) is 0. The van der Waals surface area contributed by atoms with Gasteiger partial charge in [0, 0.05) is 35.7 Å². The number of pyridine rings is 1. The van der Waals surface area contributed by atoms with Crippen LogP contribution in [0, 0.1) is 0 Å². The zero-order valence-corrected chi connectivity index (χ0v) is 20.8. The van der Waals surface area contributed by atoms with E-state index in [0.717, 1.165) is 82.4 Å². The normalized spacial score (nSPS) is 11.5. The summed E-state index contributed by atoms with van der Waals surface area (Å²) in [7, 11) is 0. The van der Waals surface area contributed by atoms with Gasteiger partial charge >= 0.3 is 0 Å². The van der Waals surface area contributed by atoms with Gasteiger partial charge in [-0.2, -0.15) is 23.5 Å². The molecule has 0 saturated carbocycles. The molecule has 0 fully saturated rings. The molecule has 0 aliphatic rings. The van der Waals surface area contributed by atoms with Gasteiger partial charge in [0.1, 0.15) is 11.6 Å². The van der Waals surface area contributed by atoms with Crippen molar-refractivity contribution in [2.24, 2.45) is 0 Å². The summed E-state index contributed by atoms with van der Waals surface area (Å²) in [6.07, 6.45) is 3.96. The van der Waals surface area contributed by atoms with Crippen LogP contribution in [0.25, 0.3) is 22.1 Å². The summed E-state index contributed by atoms with van der Waals surface area (Å²) in [6, 6.07) is 22.9. The first-order valence-electron chi connectivity index (χ1n) is 11.8. The summed E-state index contributed by atoms with van der Waals surface area (Å²) in [5.41, 5.74) is 6.74. The zero-order valence-electron chi connectivity index (χ0n) is 19.2. The Kier molecular flexibility index (Phi) is 7.83. The minimum atomic E-state index is 0.970. The second-order valence-corrected chi connectivity index (χ2v) is 10.7. The molecule has 34 heavy (non-hydrogen) atoms. The fourth-order valence-corrected chi connectivity index (χ4v) is 5.74. The molecule has 2 N–H and O–H groups in total. The Bertz CT molecular complexity index is 1180. The maximum Gasteiger partial charge on any atom is 0.108 e. The van der Waals surface area contributed by atoms with E-state index in [1.165, 1.54) is 11.4 Å². The van der Waals surface area contributed by atoms with Crippen molar-refractivity contribution in [1.29, 1.82) is 0 Å². The van der Waals surface area contributed by atoms with Crippen molar-refractivity contribution in [3.63, 3.8) is 0 Å². The summed E-state index contributed by atoms with van der Waals surface area (Å²) < 4.78 is 0. The van der Waals surface area contributed by atoms with E-state index in [0.29, 0.717) is 0 Å². The van der Waals surface area contributed by atoms with Crippen LogP contribution >= 0.6 is 23.5 Å².